The number of nitrogens with zero attached hydrogens (tertiary/aromatic N) is 4. The van der Waals surface area contributed by atoms with E-state index in [-0.39, 0.29) is 5.91 Å². The van der Waals surface area contributed by atoms with E-state index in [4.69, 9.17) is 11.6 Å². The highest BCUT2D eigenvalue weighted by Crippen LogP contribution is 2.23. The van der Waals surface area contributed by atoms with Gasteiger partial charge in [-0.15, -0.1) is 11.3 Å². The molecule has 23 heavy (non-hydrogen) atoms. The van der Waals surface area contributed by atoms with Crippen LogP contribution in [0.15, 0.2) is 18.2 Å². The van der Waals surface area contributed by atoms with Crippen LogP contribution in [0.1, 0.15) is 21.1 Å². The van der Waals surface area contributed by atoms with E-state index < -0.39 is 0 Å². The number of amides is 1. The van der Waals surface area contributed by atoms with Crippen molar-refractivity contribution in [3.8, 4) is 0 Å². The van der Waals surface area contributed by atoms with E-state index >= 15 is 0 Å². The summed E-state index contributed by atoms with van der Waals surface area (Å²) in [5.41, 5.74) is 2.26. The lowest BCUT2D eigenvalue weighted by atomic mass is 10.3. The van der Waals surface area contributed by atoms with Gasteiger partial charge in [0.1, 0.15) is 0 Å². The van der Waals surface area contributed by atoms with E-state index in [2.05, 4.69) is 27.7 Å². The van der Waals surface area contributed by atoms with Crippen LogP contribution >= 0.6 is 22.9 Å². The van der Waals surface area contributed by atoms with E-state index in [1.807, 2.05) is 17.9 Å². The molecule has 0 spiro atoms. The minimum atomic E-state index is 0.0973. The fourth-order valence-electron chi connectivity index (χ4n) is 2.90. The highest BCUT2D eigenvalue weighted by atomic mass is 35.5. The largest absolute Gasteiger partial charge is 0.335 e. The summed E-state index contributed by atoms with van der Waals surface area (Å²) in [6.07, 6.45) is 0. The number of halogens is 1. The standard InChI is InChI=1S/C16H21ClN4OS/c1-12-11-13(2)21(18-12)10-7-19-5-8-20(9-6-19)16(22)14-3-4-15(17)23-14/h3-4,11H,5-10H2,1-2H3. The number of piperazine rings is 1. The number of aromatic nitrogens is 2. The Kier molecular flexibility index (Phi) is 5.04. The summed E-state index contributed by atoms with van der Waals surface area (Å²) in [4.78, 5) is 17.4. The molecular formula is C16H21ClN4OS. The molecular weight excluding hydrogens is 332 g/mol. The normalized spacial score (nSPS) is 16.0. The van der Waals surface area contributed by atoms with Crippen LogP contribution in [0.3, 0.4) is 0 Å². The lowest BCUT2D eigenvalue weighted by molar-refractivity contribution is 0.0636. The number of hydrogen-bond acceptors (Lipinski definition) is 4. The smallest absolute Gasteiger partial charge is 0.264 e. The molecule has 0 atom stereocenters. The molecule has 3 heterocycles. The van der Waals surface area contributed by atoms with Crippen LogP contribution in [0, 0.1) is 13.8 Å². The third-order valence-corrected chi connectivity index (χ3v) is 5.39. The third kappa shape index (κ3) is 3.94. The van der Waals surface area contributed by atoms with E-state index in [1.54, 1.807) is 6.07 Å². The van der Waals surface area contributed by atoms with Crippen LogP contribution in [0.5, 0.6) is 0 Å². The fourth-order valence-corrected chi connectivity index (χ4v) is 3.91. The maximum absolute atomic E-state index is 12.4. The summed E-state index contributed by atoms with van der Waals surface area (Å²) >= 11 is 7.26. The first kappa shape index (κ1) is 16.5. The van der Waals surface area contributed by atoms with Gasteiger partial charge < -0.3 is 4.90 Å². The first-order valence-corrected chi connectivity index (χ1v) is 9.00. The number of aryl methyl sites for hydroxylation is 2. The van der Waals surface area contributed by atoms with Crippen molar-refractivity contribution in [2.45, 2.75) is 20.4 Å². The van der Waals surface area contributed by atoms with Gasteiger partial charge in [0.25, 0.3) is 5.91 Å². The number of hydrogen-bond donors (Lipinski definition) is 0. The van der Waals surface area contributed by atoms with Crippen LogP contribution in [0.25, 0.3) is 0 Å². The summed E-state index contributed by atoms with van der Waals surface area (Å²) in [6.45, 7) is 9.32. The second-order valence-corrected chi connectivity index (χ2v) is 7.60. The minimum Gasteiger partial charge on any atom is -0.335 e. The number of carbonyl (C=O) groups excluding carboxylic acids is 1. The molecule has 0 aromatic carbocycles. The SMILES string of the molecule is Cc1cc(C)n(CCN2CCN(C(=O)c3ccc(Cl)s3)CC2)n1. The van der Waals surface area contributed by atoms with Crippen LogP contribution in [0.4, 0.5) is 0 Å². The summed E-state index contributed by atoms with van der Waals surface area (Å²) in [7, 11) is 0. The summed E-state index contributed by atoms with van der Waals surface area (Å²) in [5, 5.41) is 4.49. The Morgan fingerprint density at radius 1 is 1.22 bits per heavy atom. The molecule has 0 aliphatic carbocycles. The van der Waals surface area contributed by atoms with Crippen molar-refractivity contribution in [1.82, 2.24) is 19.6 Å². The zero-order valence-corrected chi connectivity index (χ0v) is 15.0. The van der Waals surface area contributed by atoms with Crippen molar-refractivity contribution in [3.63, 3.8) is 0 Å². The molecule has 1 amide bonds. The lowest BCUT2D eigenvalue weighted by Crippen LogP contribution is -2.49. The topological polar surface area (TPSA) is 41.4 Å². The van der Waals surface area contributed by atoms with Gasteiger partial charge >= 0.3 is 0 Å². The molecule has 0 unspecified atom stereocenters. The minimum absolute atomic E-state index is 0.0973. The van der Waals surface area contributed by atoms with Gasteiger partial charge in [-0.25, -0.2) is 0 Å². The Hall–Kier alpha value is -1.37. The second-order valence-electron chi connectivity index (χ2n) is 5.89. The van der Waals surface area contributed by atoms with E-state index in [1.165, 1.54) is 17.0 Å². The highest BCUT2D eigenvalue weighted by Gasteiger charge is 2.23. The lowest BCUT2D eigenvalue weighted by Gasteiger charge is -2.34. The maximum atomic E-state index is 12.4. The first-order valence-electron chi connectivity index (χ1n) is 7.81. The van der Waals surface area contributed by atoms with Crippen LogP contribution in [0.2, 0.25) is 4.34 Å². The second kappa shape index (κ2) is 7.03. The summed E-state index contributed by atoms with van der Waals surface area (Å²) in [6, 6.07) is 5.69. The molecule has 0 saturated carbocycles. The molecule has 0 radical (unpaired) electrons. The molecule has 3 rings (SSSR count). The summed E-state index contributed by atoms with van der Waals surface area (Å²) in [5.74, 6) is 0.0973. The monoisotopic (exact) mass is 352 g/mol. The van der Waals surface area contributed by atoms with Gasteiger partial charge in [-0.05, 0) is 32.0 Å². The molecule has 2 aromatic rings. The Morgan fingerprint density at radius 2 is 1.96 bits per heavy atom. The van der Waals surface area contributed by atoms with Gasteiger partial charge in [0.2, 0.25) is 0 Å². The predicted octanol–water partition coefficient (Wildman–Crippen LogP) is 2.67. The zero-order valence-electron chi connectivity index (χ0n) is 13.5. The Morgan fingerprint density at radius 3 is 2.52 bits per heavy atom. The Balaban J connectivity index is 1.48. The van der Waals surface area contributed by atoms with Gasteiger partial charge in [-0.2, -0.15) is 5.10 Å². The van der Waals surface area contributed by atoms with Crippen LogP contribution in [-0.4, -0.2) is 58.2 Å². The predicted molar refractivity (Wildman–Crippen MR) is 93.4 cm³/mol. The summed E-state index contributed by atoms with van der Waals surface area (Å²) < 4.78 is 2.72. The molecule has 0 N–H and O–H groups in total. The molecule has 124 valence electrons. The Bertz CT molecular complexity index is 688. The molecule has 0 bridgehead atoms. The van der Waals surface area contributed by atoms with Crippen molar-refractivity contribution in [3.05, 3.63) is 38.8 Å². The number of thiophene rings is 1. The molecule has 1 saturated heterocycles. The van der Waals surface area contributed by atoms with Gasteiger partial charge in [-0.3, -0.25) is 14.4 Å². The number of carbonyl (C=O) groups is 1. The molecule has 1 aliphatic heterocycles. The van der Waals surface area contributed by atoms with E-state index in [9.17, 15) is 4.79 Å². The van der Waals surface area contributed by atoms with Crippen molar-refractivity contribution in [1.29, 1.82) is 0 Å². The molecule has 1 fully saturated rings. The van der Waals surface area contributed by atoms with Crippen molar-refractivity contribution in [2.24, 2.45) is 0 Å². The quantitative estimate of drug-likeness (QED) is 0.849. The van der Waals surface area contributed by atoms with Crippen LogP contribution < -0.4 is 0 Å². The van der Waals surface area contributed by atoms with Crippen molar-refractivity contribution < 1.29 is 4.79 Å². The molecule has 5 nitrogen and oxygen atoms in total. The molecule has 7 heteroatoms. The number of rotatable bonds is 4. The molecule has 2 aromatic heterocycles. The average Bonchev–Trinajstić information content (AvgIpc) is 3.10. The van der Waals surface area contributed by atoms with Gasteiger partial charge in [0.05, 0.1) is 21.5 Å². The zero-order chi connectivity index (χ0) is 16.4. The fraction of sp³-hybridized carbons (Fsp3) is 0.500. The van der Waals surface area contributed by atoms with Crippen LogP contribution in [-0.2, 0) is 6.54 Å². The van der Waals surface area contributed by atoms with Crippen molar-refractivity contribution >= 4 is 28.8 Å². The average molecular weight is 353 g/mol. The van der Waals surface area contributed by atoms with Gasteiger partial charge in [0, 0.05) is 38.4 Å². The van der Waals surface area contributed by atoms with Crippen molar-refractivity contribution in [2.75, 3.05) is 32.7 Å². The van der Waals surface area contributed by atoms with Gasteiger partial charge in [0.15, 0.2) is 0 Å². The Labute approximate surface area is 145 Å². The van der Waals surface area contributed by atoms with Gasteiger partial charge in [-0.1, -0.05) is 11.6 Å². The first-order chi connectivity index (χ1) is 11.0. The third-order valence-electron chi connectivity index (χ3n) is 4.17. The maximum Gasteiger partial charge on any atom is 0.264 e. The van der Waals surface area contributed by atoms with E-state index in [0.717, 1.165) is 49.8 Å². The molecule has 1 aliphatic rings. The highest BCUT2D eigenvalue weighted by molar-refractivity contribution is 7.17. The van der Waals surface area contributed by atoms with E-state index in [0.29, 0.717) is 4.34 Å².